The van der Waals surface area contributed by atoms with Crippen molar-refractivity contribution in [1.29, 1.82) is 0 Å². The zero-order chi connectivity index (χ0) is 14.5. The van der Waals surface area contributed by atoms with Gasteiger partial charge in [0.15, 0.2) is 0 Å². The van der Waals surface area contributed by atoms with Gasteiger partial charge in [-0.25, -0.2) is 4.39 Å². The Balaban J connectivity index is 2.21. The lowest BCUT2D eigenvalue weighted by Crippen LogP contribution is -2.31. The summed E-state index contributed by atoms with van der Waals surface area (Å²) >= 11 is 7.56. The summed E-state index contributed by atoms with van der Waals surface area (Å²) in [5.41, 5.74) is 1.44. The van der Waals surface area contributed by atoms with E-state index in [4.69, 9.17) is 11.6 Å². The van der Waals surface area contributed by atoms with E-state index in [2.05, 4.69) is 0 Å². The van der Waals surface area contributed by atoms with E-state index in [1.54, 1.807) is 16.2 Å². The van der Waals surface area contributed by atoms with Crippen LogP contribution in [-0.2, 0) is 6.54 Å². The highest BCUT2D eigenvalue weighted by Crippen LogP contribution is 2.20. The molecule has 1 heterocycles. The number of carbonyl (C=O) groups excluding carboxylic acids is 1. The molecule has 0 saturated heterocycles. The van der Waals surface area contributed by atoms with E-state index in [0.717, 1.165) is 12.0 Å². The van der Waals surface area contributed by atoms with Gasteiger partial charge in [-0.05, 0) is 47.0 Å². The van der Waals surface area contributed by atoms with Crippen LogP contribution in [0.2, 0.25) is 5.02 Å². The first kappa shape index (κ1) is 15.0. The second-order valence-corrected chi connectivity index (χ2v) is 5.67. The van der Waals surface area contributed by atoms with Crippen LogP contribution >= 0.6 is 22.9 Å². The summed E-state index contributed by atoms with van der Waals surface area (Å²) in [5.74, 6) is -0.602. The summed E-state index contributed by atoms with van der Waals surface area (Å²) in [6.07, 6.45) is 0.856. The minimum Gasteiger partial charge on any atom is -0.334 e. The molecule has 0 spiro atoms. The average molecular weight is 312 g/mol. The van der Waals surface area contributed by atoms with E-state index in [0.29, 0.717) is 18.7 Å². The van der Waals surface area contributed by atoms with Crippen LogP contribution in [0, 0.1) is 5.82 Å². The Hall–Kier alpha value is -1.39. The summed E-state index contributed by atoms with van der Waals surface area (Å²) in [5, 5.41) is 4.15. The summed E-state index contributed by atoms with van der Waals surface area (Å²) in [4.78, 5) is 14.3. The minimum atomic E-state index is -0.438. The third-order valence-corrected chi connectivity index (χ3v) is 3.94. The maximum Gasteiger partial charge on any atom is 0.255 e. The molecule has 0 aliphatic carbocycles. The Morgan fingerprint density at radius 3 is 2.80 bits per heavy atom. The predicted octanol–water partition coefficient (Wildman–Crippen LogP) is 4.59. The van der Waals surface area contributed by atoms with Crippen LogP contribution in [0.3, 0.4) is 0 Å². The Morgan fingerprint density at radius 2 is 2.20 bits per heavy atom. The molecule has 1 aromatic carbocycles. The largest absolute Gasteiger partial charge is 0.334 e. The zero-order valence-corrected chi connectivity index (χ0v) is 12.7. The molecule has 2 nitrogen and oxygen atoms in total. The van der Waals surface area contributed by atoms with Gasteiger partial charge in [-0.3, -0.25) is 4.79 Å². The molecule has 0 bridgehead atoms. The van der Waals surface area contributed by atoms with Gasteiger partial charge in [-0.2, -0.15) is 11.3 Å². The summed E-state index contributed by atoms with van der Waals surface area (Å²) in [6, 6.07) is 5.86. The van der Waals surface area contributed by atoms with Crippen LogP contribution in [0.5, 0.6) is 0 Å². The number of amides is 1. The van der Waals surface area contributed by atoms with Crippen molar-refractivity contribution in [3.05, 3.63) is 57.0 Å². The SMILES string of the molecule is CCCN(Cc1ccsc1)C(=O)c1ccc(F)cc1Cl. The van der Waals surface area contributed by atoms with Crippen molar-refractivity contribution in [3.63, 3.8) is 0 Å². The van der Waals surface area contributed by atoms with Crippen LogP contribution in [0.25, 0.3) is 0 Å². The molecule has 0 atom stereocenters. The molecule has 0 unspecified atom stereocenters. The molecule has 1 amide bonds. The number of halogens is 2. The van der Waals surface area contributed by atoms with Crippen molar-refractivity contribution < 1.29 is 9.18 Å². The van der Waals surface area contributed by atoms with Gasteiger partial charge in [0.2, 0.25) is 0 Å². The summed E-state index contributed by atoms with van der Waals surface area (Å²) in [6.45, 7) is 3.20. The van der Waals surface area contributed by atoms with Crippen LogP contribution in [0.1, 0.15) is 29.3 Å². The molecule has 106 valence electrons. The van der Waals surface area contributed by atoms with Gasteiger partial charge in [0.25, 0.3) is 5.91 Å². The van der Waals surface area contributed by atoms with Crippen LogP contribution in [0.4, 0.5) is 4.39 Å². The van der Waals surface area contributed by atoms with Crippen molar-refractivity contribution in [3.8, 4) is 0 Å². The fraction of sp³-hybridized carbons (Fsp3) is 0.267. The van der Waals surface area contributed by atoms with E-state index in [1.165, 1.54) is 18.2 Å². The van der Waals surface area contributed by atoms with Crippen LogP contribution in [-0.4, -0.2) is 17.4 Å². The number of hydrogen-bond acceptors (Lipinski definition) is 2. The fourth-order valence-electron chi connectivity index (χ4n) is 1.96. The van der Waals surface area contributed by atoms with Gasteiger partial charge < -0.3 is 4.90 Å². The Bertz CT molecular complexity index is 586. The van der Waals surface area contributed by atoms with E-state index >= 15 is 0 Å². The second kappa shape index (κ2) is 6.86. The van der Waals surface area contributed by atoms with Gasteiger partial charge in [0, 0.05) is 13.1 Å². The molecule has 0 saturated carbocycles. The fourth-order valence-corrected chi connectivity index (χ4v) is 2.87. The molecule has 5 heteroatoms. The topological polar surface area (TPSA) is 20.3 Å². The van der Waals surface area contributed by atoms with Crippen molar-refractivity contribution in [1.82, 2.24) is 4.90 Å². The molecule has 2 aromatic rings. The number of benzene rings is 1. The normalized spacial score (nSPS) is 10.6. The van der Waals surface area contributed by atoms with Crippen molar-refractivity contribution >= 4 is 28.8 Å². The third-order valence-electron chi connectivity index (χ3n) is 2.90. The monoisotopic (exact) mass is 311 g/mol. The molecule has 0 fully saturated rings. The summed E-state index contributed by atoms with van der Waals surface area (Å²) in [7, 11) is 0. The van der Waals surface area contributed by atoms with E-state index < -0.39 is 5.82 Å². The minimum absolute atomic E-state index is 0.154. The Labute approximate surface area is 126 Å². The molecule has 0 N–H and O–H groups in total. The molecular formula is C15H15ClFNOS. The number of rotatable bonds is 5. The van der Waals surface area contributed by atoms with Gasteiger partial charge >= 0.3 is 0 Å². The number of carbonyl (C=O) groups is 1. The quantitative estimate of drug-likeness (QED) is 0.790. The standard InChI is InChI=1S/C15H15ClFNOS/c1-2-6-18(9-11-5-7-20-10-11)15(19)13-4-3-12(17)8-14(13)16/h3-5,7-8,10H,2,6,9H2,1H3. The maximum atomic E-state index is 13.1. The second-order valence-electron chi connectivity index (χ2n) is 4.48. The molecule has 20 heavy (non-hydrogen) atoms. The third kappa shape index (κ3) is 3.58. The van der Waals surface area contributed by atoms with Crippen molar-refractivity contribution in [2.24, 2.45) is 0 Å². The molecule has 0 aliphatic heterocycles. The zero-order valence-electron chi connectivity index (χ0n) is 11.1. The van der Waals surface area contributed by atoms with Crippen molar-refractivity contribution in [2.75, 3.05) is 6.54 Å². The molecule has 2 rings (SSSR count). The van der Waals surface area contributed by atoms with Gasteiger partial charge in [-0.15, -0.1) is 0 Å². The van der Waals surface area contributed by atoms with Gasteiger partial charge in [0.1, 0.15) is 5.82 Å². The van der Waals surface area contributed by atoms with E-state index in [-0.39, 0.29) is 10.9 Å². The van der Waals surface area contributed by atoms with Crippen LogP contribution < -0.4 is 0 Å². The Kier molecular flexibility index (Phi) is 5.15. The van der Waals surface area contributed by atoms with Crippen LogP contribution in [0.15, 0.2) is 35.0 Å². The lowest BCUT2D eigenvalue weighted by molar-refractivity contribution is 0.0743. The molecule has 1 aromatic heterocycles. The van der Waals surface area contributed by atoms with E-state index in [9.17, 15) is 9.18 Å². The first-order chi connectivity index (χ1) is 9.61. The number of thiophene rings is 1. The van der Waals surface area contributed by atoms with Crippen molar-refractivity contribution in [2.45, 2.75) is 19.9 Å². The maximum absolute atomic E-state index is 13.1. The molecule has 0 radical (unpaired) electrons. The lowest BCUT2D eigenvalue weighted by Gasteiger charge is -2.22. The predicted molar refractivity (Wildman–Crippen MR) is 80.8 cm³/mol. The number of hydrogen-bond donors (Lipinski definition) is 0. The van der Waals surface area contributed by atoms with E-state index in [1.807, 2.05) is 23.8 Å². The lowest BCUT2D eigenvalue weighted by atomic mass is 10.1. The summed E-state index contributed by atoms with van der Waals surface area (Å²) < 4.78 is 13.1. The first-order valence-electron chi connectivity index (χ1n) is 6.37. The van der Waals surface area contributed by atoms with Gasteiger partial charge in [0.05, 0.1) is 10.6 Å². The first-order valence-corrected chi connectivity index (χ1v) is 7.69. The average Bonchev–Trinajstić information content (AvgIpc) is 2.90. The smallest absolute Gasteiger partial charge is 0.255 e. The molecular weight excluding hydrogens is 297 g/mol. The van der Waals surface area contributed by atoms with Gasteiger partial charge in [-0.1, -0.05) is 18.5 Å². The Morgan fingerprint density at radius 1 is 1.40 bits per heavy atom. The highest BCUT2D eigenvalue weighted by atomic mass is 35.5. The molecule has 0 aliphatic rings. The highest BCUT2D eigenvalue weighted by molar-refractivity contribution is 7.07. The number of nitrogens with zero attached hydrogens (tertiary/aromatic N) is 1. The highest BCUT2D eigenvalue weighted by Gasteiger charge is 2.18.